The molecule has 1 aliphatic rings. The molecule has 0 saturated heterocycles. The summed E-state index contributed by atoms with van der Waals surface area (Å²) in [7, 11) is 0. The number of benzene rings is 5. The molecule has 0 radical (unpaired) electrons. The second kappa shape index (κ2) is 12.6. The van der Waals surface area contributed by atoms with Gasteiger partial charge in [-0.15, -0.1) is 70.3 Å². The number of aromatic nitrogens is 2. The van der Waals surface area contributed by atoms with Crippen LogP contribution in [0.4, 0.5) is 0 Å². The van der Waals surface area contributed by atoms with Crippen molar-refractivity contribution in [2.24, 2.45) is 0 Å². The Balaban J connectivity index is 0.00000392. The molecule has 8 rings (SSSR count). The van der Waals surface area contributed by atoms with Gasteiger partial charge in [0.1, 0.15) is 0 Å². The first-order chi connectivity index (χ1) is 23.5. The van der Waals surface area contributed by atoms with E-state index in [0.717, 1.165) is 39.0 Å². The van der Waals surface area contributed by atoms with Crippen molar-refractivity contribution in [1.82, 2.24) is 9.97 Å². The minimum absolute atomic E-state index is 0. The fourth-order valence-electron chi connectivity index (χ4n) is 7.42. The number of fused-ring (bicyclic) bond motifs is 4. The molecule has 0 saturated carbocycles. The van der Waals surface area contributed by atoms with Gasteiger partial charge in [-0.3, -0.25) is 0 Å². The average Bonchev–Trinajstić information content (AvgIpc) is 3.42. The Kier molecular flexibility index (Phi) is 8.52. The predicted octanol–water partition coefficient (Wildman–Crippen LogP) is 11.5. The summed E-state index contributed by atoms with van der Waals surface area (Å²) in [5.74, 6) is 0. The van der Waals surface area contributed by atoms with Crippen molar-refractivity contribution in [3.8, 4) is 33.6 Å². The van der Waals surface area contributed by atoms with E-state index >= 15 is 0 Å². The first kappa shape index (κ1) is 33.8. The van der Waals surface area contributed by atoms with E-state index in [9.17, 15) is 0 Å². The van der Waals surface area contributed by atoms with Gasteiger partial charge in [-0.1, -0.05) is 126 Å². The summed E-state index contributed by atoms with van der Waals surface area (Å²) >= 11 is 0. The molecule has 2 nitrogen and oxygen atoms in total. The van der Waals surface area contributed by atoms with Gasteiger partial charge in [-0.05, 0) is 66.9 Å². The van der Waals surface area contributed by atoms with Crippen LogP contribution in [0, 0.1) is 12.1 Å². The van der Waals surface area contributed by atoms with Crippen LogP contribution >= 0.6 is 0 Å². The normalized spacial score (nSPS) is 13.4. The summed E-state index contributed by atoms with van der Waals surface area (Å²) in [6, 6.07) is 51.8. The van der Waals surface area contributed by atoms with Crippen molar-refractivity contribution in [1.29, 1.82) is 0 Å². The van der Waals surface area contributed by atoms with Crippen LogP contribution in [0.5, 0.6) is 0 Å². The molecule has 0 amide bonds. The minimum Gasteiger partial charge on any atom is -0.305 e. The van der Waals surface area contributed by atoms with Crippen molar-refractivity contribution in [3.63, 3.8) is 0 Å². The Hall–Kier alpha value is -4.65. The fraction of sp³-hybridized carbons (Fsp3) is 0.191. The minimum atomic E-state index is -0.669. The van der Waals surface area contributed by atoms with Gasteiger partial charge < -0.3 is 9.97 Å². The molecule has 7 aromatic rings. The molecule has 50 heavy (non-hydrogen) atoms. The van der Waals surface area contributed by atoms with Crippen molar-refractivity contribution in [2.45, 2.75) is 57.8 Å². The van der Waals surface area contributed by atoms with E-state index in [4.69, 9.17) is 9.97 Å². The number of rotatable bonds is 4. The standard InChI is InChI=1S/C47H40N2.Pt/c1-45(2,3)35-22-23-48-44(29-35)32-16-13-17-36(24-32)47(41-20-11-9-18-39(41)40-19-10-12-21-42(40)47)38-26-34(25-37(28-38)46(4,5)6)43-27-31-14-7-8-15-33(31)30-49-43;/h7-23,25,27-30H,1-6H3;/q-2;+2. The van der Waals surface area contributed by atoms with Crippen LogP contribution in [-0.4, -0.2) is 9.97 Å². The zero-order chi connectivity index (χ0) is 34.0. The molecule has 5 aromatic carbocycles. The summed E-state index contributed by atoms with van der Waals surface area (Å²) in [5.41, 5.74) is 12.7. The second-order valence-corrected chi connectivity index (χ2v) is 15.4. The summed E-state index contributed by atoms with van der Waals surface area (Å²) in [4.78, 5) is 9.84. The van der Waals surface area contributed by atoms with E-state index in [1.54, 1.807) is 0 Å². The first-order valence-corrected chi connectivity index (χ1v) is 17.2. The maximum Gasteiger partial charge on any atom is 2.00 e. The largest absolute Gasteiger partial charge is 2.00 e. The second-order valence-electron chi connectivity index (χ2n) is 15.4. The van der Waals surface area contributed by atoms with Crippen LogP contribution in [0.25, 0.3) is 44.4 Å². The Morgan fingerprint density at radius 2 is 1.10 bits per heavy atom. The molecule has 0 spiro atoms. The first-order valence-electron chi connectivity index (χ1n) is 17.2. The Labute approximate surface area is 311 Å². The summed E-state index contributed by atoms with van der Waals surface area (Å²) in [6.07, 6.45) is 3.91. The van der Waals surface area contributed by atoms with Gasteiger partial charge in [0.2, 0.25) is 0 Å². The molecule has 2 aromatic heterocycles. The van der Waals surface area contributed by atoms with Gasteiger partial charge in [-0.2, -0.15) is 0 Å². The molecule has 0 atom stereocenters. The molecule has 0 unspecified atom stereocenters. The molecule has 1 aliphatic carbocycles. The summed E-state index contributed by atoms with van der Waals surface area (Å²) in [6.45, 7) is 13.6. The van der Waals surface area contributed by atoms with Gasteiger partial charge in [0.25, 0.3) is 0 Å². The van der Waals surface area contributed by atoms with Gasteiger partial charge in [0.05, 0.1) is 0 Å². The topological polar surface area (TPSA) is 25.8 Å². The van der Waals surface area contributed by atoms with Crippen LogP contribution in [0.15, 0.2) is 134 Å². The maximum absolute atomic E-state index is 4.99. The van der Waals surface area contributed by atoms with Crippen molar-refractivity contribution in [2.75, 3.05) is 0 Å². The molecule has 0 fully saturated rings. The van der Waals surface area contributed by atoms with Gasteiger partial charge in [-0.25, -0.2) is 0 Å². The van der Waals surface area contributed by atoms with Gasteiger partial charge in [0.15, 0.2) is 0 Å². The third-order valence-corrected chi connectivity index (χ3v) is 10.1. The van der Waals surface area contributed by atoms with Crippen LogP contribution < -0.4 is 0 Å². The summed E-state index contributed by atoms with van der Waals surface area (Å²) in [5, 5.41) is 2.30. The molecule has 3 heteroatoms. The predicted molar refractivity (Wildman–Crippen MR) is 203 cm³/mol. The zero-order valence-electron chi connectivity index (χ0n) is 29.4. The van der Waals surface area contributed by atoms with E-state index in [-0.39, 0.29) is 31.9 Å². The van der Waals surface area contributed by atoms with Crippen LogP contribution in [0.1, 0.15) is 74.9 Å². The van der Waals surface area contributed by atoms with Crippen LogP contribution in [0.2, 0.25) is 0 Å². The van der Waals surface area contributed by atoms with Crippen molar-refractivity contribution < 1.29 is 21.1 Å². The van der Waals surface area contributed by atoms with E-state index < -0.39 is 5.41 Å². The zero-order valence-corrected chi connectivity index (χ0v) is 31.7. The molecule has 0 bridgehead atoms. The SMILES string of the molecule is CC(C)(C)c1cc(-c2cc3ccccc3cn2)[c-]c(C2(c3[c-]c(-c4cc(C(C)(C)C)ccn4)ccc3)c3ccccc3-c3ccccc32)c1.[Pt+2]. The summed E-state index contributed by atoms with van der Waals surface area (Å²) < 4.78 is 0. The molecule has 0 N–H and O–H groups in total. The fourth-order valence-corrected chi connectivity index (χ4v) is 7.42. The number of hydrogen-bond donors (Lipinski definition) is 0. The maximum atomic E-state index is 4.99. The smallest absolute Gasteiger partial charge is 0.305 e. The monoisotopic (exact) mass is 827 g/mol. The van der Waals surface area contributed by atoms with E-state index in [1.807, 2.05) is 12.4 Å². The van der Waals surface area contributed by atoms with E-state index in [2.05, 4.69) is 175 Å². The Morgan fingerprint density at radius 3 is 1.78 bits per heavy atom. The number of nitrogens with zero attached hydrogens (tertiary/aromatic N) is 2. The Bertz CT molecular complexity index is 2330. The number of hydrogen-bond acceptors (Lipinski definition) is 2. The molecular weight excluding hydrogens is 788 g/mol. The van der Waals surface area contributed by atoms with Crippen molar-refractivity contribution >= 4 is 10.8 Å². The number of pyridine rings is 2. The van der Waals surface area contributed by atoms with E-state index in [0.29, 0.717) is 0 Å². The van der Waals surface area contributed by atoms with Gasteiger partial charge in [0, 0.05) is 17.8 Å². The quantitative estimate of drug-likeness (QED) is 0.165. The van der Waals surface area contributed by atoms with Crippen LogP contribution in [-0.2, 0) is 37.3 Å². The van der Waals surface area contributed by atoms with Gasteiger partial charge >= 0.3 is 21.1 Å². The molecule has 0 aliphatic heterocycles. The third-order valence-electron chi connectivity index (χ3n) is 10.1. The van der Waals surface area contributed by atoms with E-state index in [1.165, 1.54) is 38.8 Å². The molecular formula is C47H40N2Pt. The molecule has 248 valence electrons. The average molecular weight is 828 g/mol. The Morgan fingerprint density at radius 1 is 0.500 bits per heavy atom. The third kappa shape index (κ3) is 5.65. The van der Waals surface area contributed by atoms with Crippen molar-refractivity contribution in [3.05, 3.63) is 179 Å². The molecule has 2 heterocycles. The van der Waals surface area contributed by atoms with Crippen LogP contribution in [0.3, 0.4) is 0 Å².